The van der Waals surface area contributed by atoms with Crippen molar-refractivity contribution in [1.82, 2.24) is 10.2 Å². The van der Waals surface area contributed by atoms with Crippen LogP contribution < -0.4 is 9.62 Å². The molecule has 0 saturated heterocycles. The summed E-state index contributed by atoms with van der Waals surface area (Å²) >= 11 is 12.9. The van der Waals surface area contributed by atoms with Gasteiger partial charge in [-0.25, -0.2) is 8.42 Å². The second kappa shape index (κ2) is 14.1. The molecular weight excluding hydrogens is 605 g/mol. The first kappa shape index (κ1) is 32.1. The topological polar surface area (TPSA) is 86.8 Å². The molecule has 1 N–H and O–H groups in total. The summed E-state index contributed by atoms with van der Waals surface area (Å²) in [5, 5.41) is 3.44. The van der Waals surface area contributed by atoms with E-state index in [0.717, 1.165) is 21.0 Å². The third-order valence-corrected chi connectivity index (χ3v) is 9.71. The maximum absolute atomic E-state index is 14.3. The van der Waals surface area contributed by atoms with Gasteiger partial charge in [0.1, 0.15) is 12.6 Å². The largest absolute Gasteiger partial charge is 0.357 e. The number of nitrogens with one attached hydrogen (secondary N) is 1. The highest BCUT2D eigenvalue weighted by molar-refractivity contribution is 7.92. The van der Waals surface area contributed by atoms with Crippen molar-refractivity contribution in [1.29, 1.82) is 0 Å². The number of sulfonamides is 1. The molecule has 10 heteroatoms. The van der Waals surface area contributed by atoms with E-state index >= 15 is 0 Å². The van der Waals surface area contributed by atoms with Gasteiger partial charge in [0, 0.05) is 30.1 Å². The van der Waals surface area contributed by atoms with Crippen LogP contribution in [0.2, 0.25) is 10.0 Å². The molecule has 0 heterocycles. The number of nitrogens with zero attached hydrogens (tertiary/aromatic N) is 2. The number of hydrogen-bond acceptors (Lipinski definition) is 4. The number of hydrogen-bond donors (Lipinski definition) is 1. The second-order valence-electron chi connectivity index (χ2n) is 10.2. The number of amides is 2. The van der Waals surface area contributed by atoms with Crippen molar-refractivity contribution in [2.75, 3.05) is 17.9 Å². The molecule has 7 nitrogen and oxygen atoms in total. The number of anilines is 1. The molecule has 4 rings (SSSR count). The molecule has 1 atom stereocenters. The fraction of sp³-hybridized carbons (Fsp3) is 0.212. The zero-order valence-electron chi connectivity index (χ0n) is 24.1. The Hall–Kier alpha value is -3.85. The summed E-state index contributed by atoms with van der Waals surface area (Å²) in [5.41, 5.74) is 3.32. The van der Waals surface area contributed by atoms with Crippen LogP contribution in [0.5, 0.6) is 0 Å². The third-order valence-electron chi connectivity index (χ3n) is 7.15. The SMILES string of the molecule is CNC(=O)[C@@H](Cc1ccccc1)N(Cc1ccccc1Cl)C(=O)CN(c1ccc(C)c(Cl)c1)S(=O)(=O)c1ccc(C)cc1. The normalized spacial score (nSPS) is 11.9. The molecule has 0 aliphatic heterocycles. The van der Waals surface area contributed by atoms with Gasteiger partial charge in [-0.3, -0.25) is 13.9 Å². The fourth-order valence-electron chi connectivity index (χ4n) is 4.63. The van der Waals surface area contributed by atoms with E-state index in [1.807, 2.05) is 37.3 Å². The molecule has 4 aromatic rings. The van der Waals surface area contributed by atoms with Gasteiger partial charge in [0.25, 0.3) is 10.0 Å². The van der Waals surface area contributed by atoms with Gasteiger partial charge in [0.2, 0.25) is 11.8 Å². The Morgan fingerprint density at radius 1 is 0.837 bits per heavy atom. The van der Waals surface area contributed by atoms with E-state index in [4.69, 9.17) is 23.2 Å². The number of carbonyl (C=O) groups is 2. The van der Waals surface area contributed by atoms with Gasteiger partial charge in [-0.2, -0.15) is 0 Å². The highest BCUT2D eigenvalue weighted by Crippen LogP contribution is 2.29. The van der Waals surface area contributed by atoms with E-state index in [-0.39, 0.29) is 23.5 Å². The average Bonchev–Trinajstić information content (AvgIpc) is 3.00. The number of aryl methyl sites for hydroxylation is 2. The smallest absolute Gasteiger partial charge is 0.264 e. The van der Waals surface area contributed by atoms with Crippen LogP contribution in [0.4, 0.5) is 5.69 Å². The highest BCUT2D eigenvalue weighted by atomic mass is 35.5. The quantitative estimate of drug-likeness (QED) is 0.212. The summed E-state index contributed by atoms with van der Waals surface area (Å²) in [6.07, 6.45) is 0.206. The molecule has 0 bridgehead atoms. The molecule has 0 aliphatic carbocycles. The van der Waals surface area contributed by atoms with Gasteiger partial charge in [-0.05, 0) is 60.9 Å². The summed E-state index contributed by atoms with van der Waals surface area (Å²) in [6.45, 7) is 3.06. The lowest BCUT2D eigenvalue weighted by molar-refractivity contribution is -0.139. The van der Waals surface area contributed by atoms with Crippen LogP contribution in [0.15, 0.2) is 102 Å². The zero-order chi connectivity index (χ0) is 31.1. The van der Waals surface area contributed by atoms with Crippen LogP contribution in [0.3, 0.4) is 0 Å². The Balaban J connectivity index is 1.81. The van der Waals surface area contributed by atoms with Gasteiger partial charge in [0.15, 0.2) is 0 Å². The van der Waals surface area contributed by atoms with Crippen molar-refractivity contribution in [3.63, 3.8) is 0 Å². The first-order valence-electron chi connectivity index (χ1n) is 13.6. The van der Waals surface area contributed by atoms with E-state index in [1.54, 1.807) is 55.5 Å². The second-order valence-corrected chi connectivity index (χ2v) is 12.9. The fourth-order valence-corrected chi connectivity index (χ4v) is 6.41. The summed E-state index contributed by atoms with van der Waals surface area (Å²) < 4.78 is 29.2. The molecule has 0 aromatic heterocycles. The van der Waals surface area contributed by atoms with E-state index in [1.165, 1.54) is 30.1 Å². The van der Waals surface area contributed by atoms with Crippen LogP contribution >= 0.6 is 23.2 Å². The Morgan fingerprint density at radius 2 is 1.49 bits per heavy atom. The predicted octanol–water partition coefficient (Wildman–Crippen LogP) is 6.19. The monoisotopic (exact) mass is 637 g/mol. The van der Waals surface area contributed by atoms with Crippen LogP contribution in [0, 0.1) is 13.8 Å². The van der Waals surface area contributed by atoms with Crippen LogP contribution in [-0.2, 0) is 32.6 Å². The van der Waals surface area contributed by atoms with Gasteiger partial charge in [0.05, 0.1) is 10.6 Å². The lowest BCUT2D eigenvalue weighted by Gasteiger charge is -2.33. The molecule has 0 spiro atoms. The van der Waals surface area contributed by atoms with Crippen molar-refractivity contribution in [3.8, 4) is 0 Å². The Bertz CT molecular complexity index is 1700. The van der Waals surface area contributed by atoms with Crippen molar-refractivity contribution in [2.24, 2.45) is 0 Å². The molecule has 224 valence electrons. The van der Waals surface area contributed by atoms with Gasteiger partial charge in [-0.15, -0.1) is 0 Å². The summed E-state index contributed by atoms with van der Waals surface area (Å²) in [5.74, 6) is -0.979. The Kier molecular flexibility index (Phi) is 10.5. The highest BCUT2D eigenvalue weighted by Gasteiger charge is 2.34. The minimum Gasteiger partial charge on any atom is -0.357 e. The van der Waals surface area contributed by atoms with E-state index in [0.29, 0.717) is 15.6 Å². The van der Waals surface area contributed by atoms with Crippen LogP contribution in [0.25, 0.3) is 0 Å². The van der Waals surface area contributed by atoms with E-state index in [9.17, 15) is 18.0 Å². The van der Waals surface area contributed by atoms with E-state index < -0.39 is 34.4 Å². The third kappa shape index (κ3) is 7.76. The van der Waals surface area contributed by atoms with E-state index in [2.05, 4.69) is 5.32 Å². The van der Waals surface area contributed by atoms with Crippen molar-refractivity contribution < 1.29 is 18.0 Å². The molecule has 0 unspecified atom stereocenters. The summed E-state index contributed by atoms with van der Waals surface area (Å²) in [4.78, 5) is 29.1. The van der Waals surface area contributed by atoms with Crippen molar-refractivity contribution in [3.05, 3.63) is 129 Å². The first-order chi connectivity index (χ1) is 20.5. The number of halogens is 2. The average molecular weight is 639 g/mol. The van der Waals surface area contributed by atoms with Gasteiger partial charge in [-0.1, -0.05) is 95.5 Å². The summed E-state index contributed by atoms with van der Waals surface area (Å²) in [6, 6.07) is 26.6. The standard InChI is InChI=1S/C33H33Cl2N3O4S/c1-23-13-17-28(18-14-23)43(41,42)38(27-16-15-24(2)30(35)20-27)22-32(39)37(21-26-11-7-8-12-29(26)34)31(33(40)36-3)19-25-9-5-4-6-10-25/h4-18,20,31H,19,21-22H2,1-3H3,(H,36,40)/t31-/m1/s1. The van der Waals surface area contributed by atoms with Crippen molar-refractivity contribution in [2.45, 2.75) is 37.8 Å². The molecule has 0 radical (unpaired) electrons. The molecule has 0 aliphatic rings. The maximum atomic E-state index is 14.3. The minimum atomic E-state index is -4.22. The Morgan fingerprint density at radius 3 is 2.12 bits per heavy atom. The van der Waals surface area contributed by atoms with Gasteiger partial charge >= 0.3 is 0 Å². The van der Waals surface area contributed by atoms with Crippen LogP contribution in [0.1, 0.15) is 22.3 Å². The molecular formula is C33H33Cl2N3O4S. The molecule has 0 saturated carbocycles. The summed E-state index contributed by atoms with van der Waals surface area (Å²) in [7, 11) is -2.72. The Labute approximate surface area is 263 Å². The number of rotatable bonds is 11. The zero-order valence-corrected chi connectivity index (χ0v) is 26.5. The number of carbonyl (C=O) groups excluding carboxylic acids is 2. The molecule has 2 amide bonds. The molecule has 0 fully saturated rings. The number of likely N-dealkylation sites (N-methyl/N-ethyl adjacent to an activating group) is 1. The van der Waals surface area contributed by atoms with Gasteiger partial charge < -0.3 is 10.2 Å². The first-order valence-corrected chi connectivity index (χ1v) is 15.8. The minimum absolute atomic E-state index is 0.0174. The lowest BCUT2D eigenvalue weighted by Crippen LogP contribution is -2.53. The maximum Gasteiger partial charge on any atom is 0.264 e. The predicted molar refractivity (Wildman–Crippen MR) is 172 cm³/mol. The lowest BCUT2D eigenvalue weighted by atomic mass is 10.0. The van der Waals surface area contributed by atoms with Crippen LogP contribution in [-0.4, -0.2) is 44.8 Å². The van der Waals surface area contributed by atoms with Crippen molar-refractivity contribution >= 4 is 50.7 Å². The molecule has 43 heavy (non-hydrogen) atoms. The molecule has 4 aromatic carbocycles. The number of benzene rings is 4.